The Kier molecular flexibility index (Phi) is 8.42. The Morgan fingerprint density at radius 2 is 1.76 bits per heavy atom. The predicted molar refractivity (Wildman–Crippen MR) is 108 cm³/mol. The van der Waals surface area contributed by atoms with Crippen LogP contribution in [0.1, 0.15) is 64.3 Å². The van der Waals surface area contributed by atoms with E-state index < -0.39 is 0 Å². The van der Waals surface area contributed by atoms with Crippen LogP contribution in [0, 0.1) is 0 Å². The van der Waals surface area contributed by atoms with Crippen LogP contribution in [-0.2, 0) is 19.5 Å². The van der Waals surface area contributed by atoms with Gasteiger partial charge in [0.15, 0.2) is 0 Å². The number of aromatic nitrogens is 2. The molecule has 2 N–H and O–H groups in total. The van der Waals surface area contributed by atoms with E-state index in [2.05, 4.69) is 48.4 Å². The van der Waals surface area contributed by atoms with Crippen LogP contribution in [0.15, 0.2) is 18.2 Å². The van der Waals surface area contributed by atoms with Crippen LogP contribution >= 0.6 is 0 Å². The highest BCUT2D eigenvalue weighted by atomic mass is 15.1. The third kappa shape index (κ3) is 5.55. The summed E-state index contributed by atoms with van der Waals surface area (Å²) in [5, 5.41) is 0. The van der Waals surface area contributed by atoms with Crippen LogP contribution in [-0.4, -0.2) is 34.1 Å². The molecule has 0 saturated heterocycles. The van der Waals surface area contributed by atoms with Crippen molar-refractivity contribution in [3.63, 3.8) is 0 Å². The smallest absolute Gasteiger partial charge is 0.109 e. The molecule has 1 heterocycles. The molecule has 140 valence electrons. The van der Waals surface area contributed by atoms with Crippen molar-refractivity contribution in [2.45, 2.75) is 72.4 Å². The van der Waals surface area contributed by atoms with Gasteiger partial charge in [-0.25, -0.2) is 4.98 Å². The van der Waals surface area contributed by atoms with Gasteiger partial charge in [0, 0.05) is 19.5 Å². The van der Waals surface area contributed by atoms with Gasteiger partial charge in [-0.2, -0.15) is 0 Å². The van der Waals surface area contributed by atoms with E-state index >= 15 is 0 Å². The summed E-state index contributed by atoms with van der Waals surface area (Å²) in [6, 6.07) is 6.44. The second-order valence-corrected chi connectivity index (χ2v) is 7.01. The van der Waals surface area contributed by atoms with Gasteiger partial charge >= 0.3 is 0 Å². The van der Waals surface area contributed by atoms with Gasteiger partial charge in [0.2, 0.25) is 0 Å². The van der Waals surface area contributed by atoms with Crippen molar-refractivity contribution in [3.05, 3.63) is 29.6 Å². The molecule has 0 amide bonds. The summed E-state index contributed by atoms with van der Waals surface area (Å²) in [6.07, 6.45) is 7.15. The summed E-state index contributed by atoms with van der Waals surface area (Å²) >= 11 is 0. The van der Waals surface area contributed by atoms with E-state index in [-0.39, 0.29) is 0 Å². The van der Waals surface area contributed by atoms with Gasteiger partial charge in [0.25, 0.3) is 0 Å². The molecule has 0 bridgehead atoms. The Labute approximate surface area is 153 Å². The summed E-state index contributed by atoms with van der Waals surface area (Å²) < 4.78 is 2.41. The first kappa shape index (κ1) is 19.9. The Morgan fingerprint density at radius 3 is 2.40 bits per heavy atom. The molecule has 1 aromatic heterocycles. The standard InChI is InChI=1S/C21H36N4/c1-4-12-24(13-5-2)15-8-7-9-21-23-19-11-10-18(17-22)16-20(19)25(21)14-6-3/h10-11,16H,4-9,12-15,17,22H2,1-3H3. The van der Waals surface area contributed by atoms with Gasteiger partial charge in [0.05, 0.1) is 11.0 Å². The zero-order chi connectivity index (χ0) is 18.1. The number of hydrogen-bond acceptors (Lipinski definition) is 3. The number of fused-ring (bicyclic) bond motifs is 1. The molecule has 0 spiro atoms. The average molecular weight is 345 g/mol. The van der Waals surface area contributed by atoms with E-state index in [1.165, 1.54) is 62.2 Å². The van der Waals surface area contributed by atoms with Crippen LogP contribution in [0.5, 0.6) is 0 Å². The highest BCUT2D eigenvalue weighted by Crippen LogP contribution is 2.20. The SMILES string of the molecule is CCCN(CCC)CCCCc1nc2ccc(CN)cc2n1CCC. The molecule has 25 heavy (non-hydrogen) atoms. The van der Waals surface area contributed by atoms with Gasteiger partial charge in [0.1, 0.15) is 5.82 Å². The highest BCUT2D eigenvalue weighted by molar-refractivity contribution is 5.77. The lowest BCUT2D eigenvalue weighted by Crippen LogP contribution is -2.26. The normalized spacial score (nSPS) is 11.7. The summed E-state index contributed by atoms with van der Waals surface area (Å²) in [5.74, 6) is 1.24. The summed E-state index contributed by atoms with van der Waals surface area (Å²) in [6.45, 7) is 12.1. The van der Waals surface area contributed by atoms with Crippen molar-refractivity contribution >= 4 is 11.0 Å². The van der Waals surface area contributed by atoms with Gasteiger partial charge in [-0.3, -0.25) is 0 Å². The van der Waals surface area contributed by atoms with E-state index in [0.29, 0.717) is 6.54 Å². The maximum absolute atomic E-state index is 5.81. The molecule has 0 aliphatic carbocycles. The average Bonchev–Trinajstić information content (AvgIpc) is 2.96. The quantitative estimate of drug-likeness (QED) is 0.582. The Balaban J connectivity index is 2.01. The minimum absolute atomic E-state index is 0.591. The molecule has 2 rings (SSSR count). The topological polar surface area (TPSA) is 47.1 Å². The minimum Gasteiger partial charge on any atom is -0.328 e. The zero-order valence-corrected chi connectivity index (χ0v) is 16.4. The van der Waals surface area contributed by atoms with Crippen LogP contribution in [0.3, 0.4) is 0 Å². The first-order chi connectivity index (χ1) is 12.2. The third-order valence-corrected chi connectivity index (χ3v) is 4.78. The molecule has 0 unspecified atom stereocenters. The van der Waals surface area contributed by atoms with Crippen molar-refractivity contribution in [2.24, 2.45) is 5.73 Å². The van der Waals surface area contributed by atoms with Gasteiger partial charge in [-0.15, -0.1) is 0 Å². The fourth-order valence-corrected chi connectivity index (χ4v) is 3.60. The number of nitrogens with two attached hydrogens (primary N) is 1. The maximum atomic E-state index is 5.81. The number of imidazole rings is 1. The molecule has 0 fully saturated rings. The Bertz CT molecular complexity index is 626. The monoisotopic (exact) mass is 344 g/mol. The molecule has 4 heteroatoms. The molecule has 0 aliphatic heterocycles. The second-order valence-electron chi connectivity index (χ2n) is 7.01. The van der Waals surface area contributed by atoms with E-state index in [9.17, 15) is 0 Å². The van der Waals surface area contributed by atoms with Crippen LogP contribution in [0.25, 0.3) is 11.0 Å². The van der Waals surface area contributed by atoms with Gasteiger partial charge < -0.3 is 15.2 Å². The molecule has 0 radical (unpaired) electrons. The first-order valence-electron chi connectivity index (χ1n) is 10.1. The van der Waals surface area contributed by atoms with Crippen molar-refractivity contribution in [1.29, 1.82) is 0 Å². The fraction of sp³-hybridized carbons (Fsp3) is 0.667. The zero-order valence-electron chi connectivity index (χ0n) is 16.4. The number of hydrogen-bond donors (Lipinski definition) is 1. The van der Waals surface area contributed by atoms with E-state index in [1.807, 2.05) is 0 Å². The van der Waals surface area contributed by atoms with Crippen molar-refractivity contribution in [3.8, 4) is 0 Å². The van der Waals surface area contributed by atoms with Gasteiger partial charge in [-0.1, -0.05) is 26.8 Å². The highest BCUT2D eigenvalue weighted by Gasteiger charge is 2.11. The van der Waals surface area contributed by atoms with Crippen LogP contribution in [0.2, 0.25) is 0 Å². The lowest BCUT2D eigenvalue weighted by Gasteiger charge is -2.20. The largest absolute Gasteiger partial charge is 0.328 e. The van der Waals surface area contributed by atoms with Crippen molar-refractivity contribution in [1.82, 2.24) is 14.5 Å². The van der Waals surface area contributed by atoms with E-state index in [1.54, 1.807) is 0 Å². The third-order valence-electron chi connectivity index (χ3n) is 4.78. The minimum atomic E-state index is 0.591. The Morgan fingerprint density at radius 1 is 1.00 bits per heavy atom. The molecule has 0 atom stereocenters. The summed E-state index contributed by atoms with van der Waals surface area (Å²) in [7, 11) is 0. The number of nitrogens with zero attached hydrogens (tertiary/aromatic N) is 3. The maximum Gasteiger partial charge on any atom is 0.109 e. The molecular weight excluding hydrogens is 308 g/mol. The number of aryl methyl sites for hydroxylation is 2. The predicted octanol–water partition coefficient (Wildman–Crippen LogP) is 4.35. The molecule has 0 saturated carbocycles. The van der Waals surface area contributed by atoms with Crippen molar-refractivity contribution < 1.29 is 0 Å². The Hall–Kier alpha value is -1.39. The number of unbranched alkanes of at least 4 members (excludes halogenated alkanes) is 1. The molecule has 1 aromatic carbocycles. The second kappa shape index (κ2) is 10.6. The molecular formula is C21H36N4. The van der Waals surface area contributed by atoms with Crippen LogP contribution < -0.4 is 5.73 Å². The molecule has 0 aliphatic rings. The van der Waals surface area contributed by atoms with Crippen LogP contribution in [0.4, 0.5) is 0 Å². The first-order valence-corrected chi connectivity index (χ1v) is 10.1. The lowest BCUT2D eigenvalue weighted by molar-refractivity contribution is 0.269. The van der Waals surface area contributed by atoms with Gasteiger partial charge in [-0.05, 0) is 69.4 Å². The summed E-state index contributed by atoms with van der Waals surface area (Å²) in [5.41, 5.74) is 9.36. The summed E-state index contributed by atoms with van der Waals surface area (Å²) in [4.78, 5) is 7.50. The van der Waals surface area contributed by atoms with Crippen molar-refractivity contribution in [2.75, 3.05) is 19.6 Å². The fourth-order valence-electron chi connectivity index (χ4n) is 3.60. The molecule has 2 aromatic rings. The van der Waals surface area contributed by atoms with E-state index in [0.717, 1.165) is 24.9 Å². The van der Waals surface area contributed by atoms with E-state index in [4.69, 9.17) is 10.7 Å². The number of rotatable bonds is 12. The molecule has 4 nitrogen and oxygen atoms in total. The lowest BCUT2D eigenvalue weighted by atomic mass is 10.2. The number of benzene rings is 1.